The van der Waals surface area contributed by atoms with Gasteiger partial charge in [-0.3, -0.25) is 14.9 Å². The van der Waals surface area contributed by atoms with Crippen LogP contribution >= 0.6 is 0 Å². The van der Waals surface area contributed by atoms with Crippen LogP contribution in [-0.4, -0.2) is 17.3 Å². The molecule has 0 spiro atoms. The molecule has 0 atom stereocenters. The van der Waals surface area contributed by atoms with Crippen LogP contribution < -0.4 is 5.32 Å². The van der Waals surface area contributed by atoms with Gasteiger partial charge in [-0.2, -0.15) is 8.78 Å². The Labute approximate surface area is 89.2 Å². The Kier molecular flexibility index (Phi) is 3.49. The molecule has 0 aliphatic heterocycles. The van der Waals surface area contributed by atoms with Crippen molar-refractivity contribution in [3.05, 3.63) is 33.9 Å². The van der Waals surface area contributed by atoms with Crippen LogP contribution in [0.1, 0.15) is 5.56 Å². The molecular formula is C9H8F2N2O3. The minimum atomic E-state index is -3.15. The van der Waals surface area contributed by atoms with Gasteiger partial charge in [0.25, 0.3) is 11.6 Å². The largest absolute Gasteiger partial charge is 0.321 e. The first-order valence-electron chi connectivity index (χ1n) is 4.26. The highest BCUT2D eigenvalue weighted by Gasteiger charge is 2.19. The Morgan fingerprint density at radius 2 is 2.12 bits per heavy atom. The van der Waals surface area contributed by atoms with Gasteiger partial charge in [-0.1, -0.05) is 6.07 Å². The molecule has 0 saturated heterocycles. The number of nitro benzene ring substituents is 1. The molecule has 16 heavy (non-hydrogen) atoms. The number of alkyl halides is 2. The predicted octanol–water partition coefficient (Wildman–Crippen LogP) is 2.11. The highest BCUT2D eigenvalue weighted by molar-refractivity contribution is 5.94. The number of carbonyl (C=O) groups excluding carboxylic acids is 1. The summed E-state index contributed by atoms with van der Waals surface area (Å²) in [6.07, 6.45) is -3.15. The van der Waals surface area contributed by atoms with Gasteiger partial charge in [0, 0.05) is 6.07 Å². The molecule has 0 unspecified atom stereocenters. The summed E-state index contributed by atoms with van der Waals surface area (Å²) in [4.78, 5) is 20.6. The van der Waals surface area contributed by atoms with Crippen LogP contribution in [0.4, 0.5) is 20.2 Å². The molecule has 0 aliphatic carbocycles. The fourth-order valence-electron chi connectivity index (χ4n) is 1.14. The van der Waals surface area contributed by atoms with Crippen molar-refractivity contribution < 1.29 is 18.5 Å². The number of rotatable bonds is 3. The van der Waals surface area contributed by atoms with E-state index < -0.39 is 17.3 Å². The summed E-state index contributed by atoms with van der Waals surface area (Å²) in [6, 6.07) is 3.86. The maximum absolute atomic E-state index is 12.0. The van der Waals surface area contributed by atoms with Gasteiger partial charge in [-0.05, 0) is 13.0 Å². The van der Waals surface area contributed by atoms with Crippen LogP contribution in [0, 0.1) is 17.0 Å². The topological polar surface area (TPSA) is 72.2 Å². The number of hydrogen-bond acceptors (Lipinski definition) is 3. The van der Waals surface area contributed by atoms with Gasteiger partial charge in [0.05, 0.1) is 16.2 Å². The van der Waals surface area contributed by atoms with Gasteiger partial charge in [0.2, 0.25) is 0 Å². The number of nitrogens with one attached hydrogen (secondary N) is 1. The van der Waals surface area contributed by atoms with E-state index in [1.165, 1.54) is 25.1 Å². The SMILES string of the molecule is Cc1c(NC(=O)C(F)F)cccc1[N+](=O)[O-]. The molecule has 0 radical (unpaired) electrons. The summed E-state index contributed by atoms with van der Waals surface area (Å²) >= 11 is 0. The zero-order chi connectivity index (χ0) is 12.3. The summed E-state index contributed by atoms with van der Waals surface area (Å²) in [5.41, 5.74) is -0.0759. The predicted molar refractivity (Wildman–Crippen MR) is 52.5 cm³/mol. The maximum Gasteiger partial charge on any atom is 0.315 e. The Morgan fingerprint density at radius 1 is 1.50 bits per heavy atom. The second kappa shape index (κ2) is 4.65. The van der Waals surface area contributed by atoms with E-state index in [9.17, 15) is 23.7 Å². The molecule has 1 rings (SSSR count). The normalized spacial score (nSPS) is 10.2. The lowest BCUT2D eigenvalue weighted by Crippen LogP contribution is -2.20. The Bertz CT molecular complexity index is 435. The van der Waals surface area contributed by atoms with Crippen molar-refractivity contribution in [2.45, 2.75) is 13.3 Å². The van der Waals surface area contributed by atoms with Gasteiger partial charge in [0.1, 0.15) is 0 Å². The van der Waals surface area contributed by atoms with E-state index >= 15 is 0 Å². The smallest absolute Gasteiger partial charge is 0.315 e. The van der Waals surface area contributed by atoms with Crippen molar-refractivity contribution in [1.29, 1.82) is 0 Å². The van der Waals surface area contributed by atoms with E-state index in [-0.39, 0.29) is 16.9 Å². The minimum Gasteiger partial charge on any atom is -0.321 e. The summed E-state index contributed by atoms with van der Waals surface area (Å²) < 4.78 is 23.9. The summed E-state index contributed by atoms with van der Waals surface area (Å²) in [5, 5.41) is 12.4. The van der Waals surface area contributed by atoms with Crippen LogP contribution in [0.2, 0.25) is 0 Å². The second-order valence-corrected chi connectivity index (χ2v) is 3.00. The first-order valence-corrected chi connectivity index (χ1v) is 4.26. The van der Waals surface area contributed by atoms with E-state index in [0.717, 1.165) is 0 Å². The van der Waals surface area contributed by atoms with Crippen molar-refractivity contribution in [2.75, 3.05) is 5.32 Å². The average Bonchev–Trinajstić information content (AvgIpc) is 2.20. The number of nitrogens with zero attached hydrogens (tertiary/aromatic N) is 1. The number of benzene rings is 1. The highest BCUT2D eigenvalue weighted by Crippen LogP contribution is 2.25. The molecule has 86 valence electrons. The maximum atomic E-state index is 12.0. The van der Waals surface area contributed by atoms with E-state index in [0.29, 0.717) is 0 Å². The summed E-state index contributed by atoms with van der Waals surface area (Å²) in [6.45, 7) is 1.37. The molecule has 1 aromatic rings. The molecule has 0 fully saturated rings. The van der Waals surface area contributed by atoms with E-state index in [2.05, 4.69) is 0 Å². The molecule has 0 heterocycles. The zero-order valence-corrected chi connectivity index (χ0v) is 8.24. The van der Waals surface area contributed by atoms with Crippen molar-refractivity contribution in [3.63, 3.8) is 0 Å². The molecule has 0 aliphatic rings. The summed E-state index contributed by atoms with van der Waals surface area (Å²) in [7, 11) is 0. The van der Waals surface area contributed by atoms with Crippen LogP contribution in [0.5, 0.6) is 0 Å². The van der Waals surface area contributed by atoms with Crippen molar-refractivity contribution in [2.24, 2.45) is 0 Å². The number of nitro groups is 1. The molecule has 5 nitrogen and oxygen atoms in total. The molecule has 0 bridgehead atoms. The molecule has 1 aromatic carbocycles. The Balaban J connectivity index is 3.02. The third-order valence-electron chi connectivity index (χ3n) is 1.96. The van der Waals surface area contributed by atoms with Gasteiger partial charge in [-0.15, -0.1) is 0 Å². The number of amides is 1. The van der Waals surface area contributed by atoms with E-state index in [4.69, 9.17) is 0 Å². The van der Waals surface area contributed by atoms with Gasteiger partial charge < -0.3 is 5.32 Å². The average molecular weight is 230 g/mol. The second-order valence-electron chi connectivity index (χ2n) is 3.00. The number of hydrogen-bond donors (Lipinski definition) is 1. The van der Waals surface area contributed by atoms with Crippen molar-refractivity contribution >= 4 is 17.3 Å². The molecular weight excluding hydrogens is 222 g/mol. The lowest BCUT2D eigenvalue weighted by Gasteiger charge is -2.07. The molecule has 0 saturated carbocycles. The minimum absolute atomic E-state index is 0.0134. The fraction of sp³-hybridized carbons (Fsp3) is 0.222. The standard InChI is InChI=1S/C9H8F2N2O3/c1-5-6(12-9(14)8(10)11)3-2-4-7(5)13(15)16/h2-4,8H,1H3,(H,12,14). The third-order valence-corrected chi connectivity index (χ3v) is 1.96. The zero-order valence-electron chi connectivity index (χ0n) is 8.24. The first-order chi connectivity index (χ1) is 7.43. The fourth-order valence-corrected chi connectivity index (χ4v) is 1.14. The lowest BCUT2D eigenvalue weighted by molar-refractivity contribution is -0.385. The van der Waals surface area contributed by atoms with Crippen LogP contribution in [0.3, 0.4) is 0 Å². The third kappa shape index (κ3) is 2.50. The van der Waals surface area contributed by atoms with E-state index in [1.807, 2.05) is 5.32 Å². The van der Waals surface area contributed by atoms with E-state index in [1.54, 1.807) is 0 Å². The highest BCUT2D eigenvalue weighted by atomic mass is 19.3. The molecule has 0 aromatic heterocycles. The van der Waals surface area contributed by atoms with Crippen molar-refractivity contribution in [3.8, 4) is 0 Å². The van der Waals surface area contributed by atoms with Gasteiger partial charge in [0.15, 0.2) is 0 Å². The number of carbonyl (C=O) groups is 1. The van der Waals surface area contributed by atoms with Crippen molar-refractivity contribution in [1.82, 2.24) is 0 Å². The Morgan fingerprint density at radius 3 is 2.62 bits per heavy atom. The first kappa shape index (κ1) is 12.0. The summed E-state index contributed by atoms with van der Waals surface area (Å²) in [5.74, 6) is -1.48. The van der Waals surface area contributed by atoms with Gasteiger partial charge >= 0.3 is 6.43 Å². The monoisotopic (exact) mass is 230 g/mol. The molecule has 1 N–H and O–H groups in total. The van der Waals surface area contributed by atoms with Gasteiger partial charge in [-0.25, -0.2) is 0 Å². The lowest BCUT2D eigenvalue weighted by atomic mass is 10.1. The number of anilines is 1. The van der Waals surface area contributed by atoms with Crippen LogP contribution in [0.15, 0.2) is 18.2 Å². The Hall–Kier alpha value is -2.05. The van der Waals surface area contributed by atoms with Crippen LogP contribution in [0.25, 0.3) is 0 Å². The molecule has 7 heteroatoms. The number of halogens is 2. The quantitative estimate of drug-likeness (QED) is 0.638. The van der Waals surface area contributed by atoms with Crippen LogP contribution in [-0.2, 0) is 4.79 Å². The molecule has 1 amide bonds.